The summed E-state index contributed by atoms with van der Waals surface area (Å²) >= 11 is 0. The Morgan fingerprint density at radius 3 is 2.05 bits per heavy atom. The van der Waals surface area contributed by atoms with Crippen LogP contribution in [-0.4, -0.2) is 59.5 Å². The molecule has 0 aliphatic carbocycles. The van der Waals surface area contributed by atoms with Crippen molar-refractivity contribution in [1.82, 2.24) is 4.57 Å². The van der Waals surface area contributed by atoms with Gasteiger partial charge in [0.25, 0.3) is 5.56 Å². The number of rotatable bonds is 8. The molecule has 1 aliphatic rings. The van der Waals surface area contributed by atoms with E-state index in [0.29, 0.717) is 5.56 Å². The molecule has 1 saturated heterocycles. The summed E-state index contributed by atoms with van der Waals surface area (Å²) in [5.74, 6) is -2.90. The summed E-state index contributed by atoms with van der Waals surface area (Å²) in [6, 6.07) is 15.3. The SMILES string of the molecule is CC(=O)OC[C@@H]1O[C@@H](n2c(-c3ccccc3)cc(-c3ccco3)c(C#N)c2=O)[C@@H](OC(C)=O)[C@@H](OC(C)=O)[C@H]1OC(C)=O. The fraction of sp³-hybridized carbons (Fsp3) is 0.333. The van der Waals surface area contributed by atoms with Crippen molar-refractivity contribution in [2.45, 2.75) is 58.3 Å². The molecule has 224 valence electrons. The lowest BCUT2D eigenvalue weighted by atomic mass is 9.95. The van der Waals surface area contributed by atoms with Crippen LogP contribution in [0.15, 0.2) is 64.0 Å². The maximum absolute atomic E-state index is 14.2. The number of furan rings is 1. The van der Waals surface area contributed by atoms with Crippen molar-refractivity contribution in [2.75, 3.05) is 6.61 Å². The van der Waals surface area contributed by atoms with Crippen LogP contribution >= 0.6 is 0 Å². The normalized spacial score (nSPS) is 21.2. The van der Waals surface area contributed by atoms with Crippen LogP contribution < -0.4 is 5.56 Å². The van der Waals surface area contributed by atoms with Crippen molar-refractivity contribution < 1.29 is 47.3 Å². The Hall–Kier alpha value is -5.22. The minimum atomic E-state index is -1.57. The zero-order valence-electron chi connectivity index (χ0n) is 23.7. The molecule has 1 fully saturated rings. The highest BCUT2D eigenvalue weighted by atomic mass is 16.7. The lowest BCUT2D eigenvalue weighted by Crippen LogP contribution is -2.61. The number of carbonyl (C=O) groups is 4. The van der Waals surface area contributed by atoms with Crippen LogP contribution in [0.1, 0.15) is 39.5 Å². The lowest BCUT2D eigenvalue weighted by molar-refractivity contribution is -0.268. The Kier molecular flexibility index (Phi) is 9.42. The molecule has 1 aromatic carbocycles. The first kappa shape index (κ1) is 30.7. The maximum Gasteiger partial charge on any atom is 0.303 e. The highest BCUT2D eigenvalue weighted by molar-refractivity contribution is 5.73. The molecule has 13 nitrogen and oxygen atoms in total. The Bertz CT molecular complexity index is 1610. The highest BCUT2D eigenvalue weighted by Gasteiger charge is 2.53. The molecule has 0 radical (unpaired) electrons. The molecular weight excluding hydrogens is 564 g/mol. The minimum absolute atomic E-state index is 0.193. The van der Waals surface area contributed by atoms with E-state index >= 15 is 0 Å². The molecular formula is C30H28N2O11. The van der Waals surface area contributed by atoms with E-state index in [-0.39, 0.29) is 22.6 Å². The number of nitriles is 1. The molecule has 0 unspecified atom stereocenters. The van der Waals surface area contributed by atoms with Gasteiger partial charge in [-0.3, -0.25) is 28.5 Å². The number of ether oxygens (including phenoxy) is 5. The van der Waals surface area contributed by atoms with Gasteiger partial charge >= 0.3 is 23.9 Å². The summed E-state index contributed by atoms with van der Waals surface area (Å²) in [6.07, 6.45) is -5.99. The standard InChI is InChI=1S/C30H28N2O11/c1-16(33)39-15-25-26(40-17(2)34)27(41-18(3)35)28(42-19(4)36)30(43-25)32-23(20-9-6-5-7-10-20)13-21(22(14-31)29(32)37)24-11-8-12-38-24/h5-13,25-28,30H,15H2,1-4H3/t25-,26-,27-,28-,30+/m0/s1. The zero-order valence-corrected chi connectivity index (χ0v) is 23.7. The number of aromatic nitrogens is 1. The van der Waals surface area contributed by atoms with E-state index in [1.807, 2.05) is 6.07 Å². The van der Waals surface area contributed by atoms with Crippen molar-refractivity contribution in [1.29, 1.82) is 5.26 Å². The van der Waals surface area contributed by atoms with Gasteiger partial charge in [-0.05, 0) is 23.8 Å². The van der Waals surface area contributed by atoms with E-state index in [1.165, 1.54) is 6.26 Å². The van der Waals surface area contributed by atoms with Gasteiger partial charge in [-0.25, -0.2) is 0 Å². The number of benzene rings is 1. The topological polar surface area (TPSA) is 173 Å². The van der Waals surface area contributed by atoms with Gasteiger partial charge in [-0.1, -0.05) is 30.3 Å². The van der Waals surface area contributed by atoms with Gasteiger partial charge in [0.1, 0.15) is 30.1 Å². The third-order valence-electron chi connectivity index (χ3n) is 6.43. The average molecular weight is 593 g/mol. The van der Waals surface area contributed by atoms with Gasteiger partial charge in [0, 0.05) is 33.3 Å². The predicted octanol–water partition coefficient (Wildman–Crippen LogP) is 2.90. The fourth-order valence-electron chi connectivity index (χ4n) is 4.86. The Balaban J connectivity index is 2.03. The molecule has 0 spiro atoms. The van der Waals surface area contributed by atoms with Crippen LogP contribution in [0.25, 0.3) is 22.6 Å². The Morgan fingerprint density at radius 2 is 1.49 bits per heavy atom. The first-order valence-corrected chi connectivity index (χ1v) is 13.1. The quantitative estimate of drug-likeness (QED) is 0.277. The first-order valence-electron chi connectivity index (χ1n) is 13.1. The highest BCUT2D eigenvalue weighted by Crippen LogP contribution is 2.38. The van der Waals surface area contributed by atoms with E-state index in [4.69, 9.17) is 28.1 Å². The van der Waals surface area contributed by atoms with Crippen LogP contribution in [-0.2, 0) is 42.9 Å². The summed E-state index contributed by atoms with van der Waals surface area (Å²) < 4.78 is 34.5. The third-order valence-corrected chi connectivity index (χ3v) is 6.43. The van der Waals surface area contributed by atoms with E-state index < -0.39 is 66.7 Å². The number of hydrogen-bond acceptors (Lipinski definition) is 12. The molecule has 1 aliphatic heterocycles. The van der Waals surface area contributed by atoms with E-state index in [9.17, 15) is 29.2 Å². The van der Waals surface area contributed by atoms with Crippen LogP contribution in [0.4, 0.5) is 0 Å². The van der Waals surface area contributed by atoms with Gasteiger partial charge < -0.3 is 28.1 Å². The molecule has 0 bridgehead atoms. The summed E-state index contributed by atoms with van der Waals surface area (Å²) in [7, 11) is 0. The van der Waals surface area contributed by atoms with Gasteiger partial charge in [0.2, 0.25) is 0 Å². The second kappa shape index (κ2) is 13.2. The van der Waals surface area contributed by atoms with Crippen LogP contribution in [0, 0.1) is 11.3 Å². The van der Waals surface area contributed by atoms with Crippen molar-refractivity contribution >= 4 is 23.9 Å². The molecule has 3 heterocycles. The monoisotopic (exact) mass is 592 g/mol. The molecule has 0 saturated carbocycles. The summed E-state index contributed by atoms with van der Waals surface area (Å²) in [6.45, 7) is 3.95. The molecule has 0 N–H and O–H groups in total. The Morgan fingerprint density at radius 1 is 0.860 bits per heavy atom. The molecule has 0 amide bonds. The summed E-state index contributed by atoms with van der Waals surface area (Å²) in [5.41, 5.74) is -0.251. The third kappa shape index (κ3) is 6.82. The second-order valence-electron chi connectivity index (χ2n) is 9.54. The summed E-state index contributed by atoms with van der Waals surface area (Å²) in [4.78, 5) is 62.7. The van der Waals surface area contributed by atoms with Gasteiger partial charge in [-0.2, -0.15) is 5.26 Å². The Labute approximate surface area is 245 Å². The largest absolute Gasteiger partial charge is 0.464 e. The number of pyridine rings is 1. The average Bonchev–Trinajstić information content (AvgIpc) is 3.49. The van der Waals surface area contributed by atoms with Crippen LogP contribution in [0.2, 0.25) is 0 Å². The number of hydrogen-bond donors (Lipinski definition) is 0. The van der Waals surface area contributed by atoms with Gasteiger partial charge in [0.15, 0.2) is 24.5 Å². The van der Waals surface area contributed by atoms with Crippen molar-refractivity contribution in [3.05, 3.63) is 70.7 Å². The smallest absolute Gasteiger partial charge is 0.303 e. The second-order valence-corrected chi connectivity index (χ2v) is 9.54. The van der Waals surface area contributed by atoms with Crippen molar-refractivity contribution in [2.24, 2.45) is 0 Å². The molecule has 13 heteroatoms. The number of esters is 4. The van der Waals surface area contributed by atoms with Crippen molar-refractivity contribution in [3.63, 3.8) is 0 Å². The van der Waals surface area contributed by atoms with E-state index in [0.717, 1.165) is 32.3 Å². The molecule has 5 atom stereocenters. The molecule has 3 aromatic rings. The van der Waals surface area contributed by atoms with E-state index in [2.05, 4.69) is 0 Å². The predicted molar refractivity (Wildman–Crippen MR) is 146 cm³/mol. The number of carbonyl (C=O) groups excluding carboxylic acids is 4. The first-order chi connectivity index (χ1) is 20.5. The lowest BCUT2D eigenvalue weighted by Gasteiger charge is -2.45. The van der Waals surface area contributed by atoms with Crippen LogP contribution in [0.5, 0.6) is 0 Å². The van der Waals surface area contributed by atoms with Crippen LogP contribution in [0.3, 0.4) is 0 Å². The minimum Gasteiger partial charge on any atom is -0.464 e. The van der Waals surface area contributed by atoms with Crippen molar-refractivity contribution in [3.8, 4) is 28.7 Å². The zero-order chi connectivity index (χ0) is 31.3. The molecule has 4 rings (SSSR count). The fourth-order valence-corrected chi connectivity index (χ4v) is 4.86. The number of nitrogens with zero attached hydrogens (tertiary/aromatic N) is 2. The maximum atomic E-state index is 14.2. The van der Waals surface area contributed by atoms with E-state index in [1.54, 1.807) is 48.5 Å². The van der Waals surface area contributed by atoms with Gasteiger partial charge in [0.05, 0.1) is 12.0 Å². The molecule has 43 heavy (non-hydrogen) atoms. The molecule has 2 aromatic heterocycles. The van der Waals surface area contributed by atoms with Gasteiger partial charge in [-0.15, -0.1) is 0 Å². The summed E-state index contributed by atoms with van der Waals surface area (Å²) in [5, 5.41) is 10.1.